The standard InChI is InChI=1S/C29H39NO5/c1-17-10-9-13-20-25-28(4,35-25)18(2)24-21(14-19-11-7-6-8-12-19)30-26(32)29(20,24)22(31)15-23(34-5)27(3,33)16-17/h6-9,11-13,17-18,20-21,23-25,33H,10,14-16H2,1-5H3,(H,30,32)/b13-9+/t17-,18-,20-,21-,23+,24-,25-,27-,28+,29-/m0/s1. The zero-order chi connectivity index (χ0) is 25.2. The molecule has 10 atom stereocenters. The lowest BCUT2D eigenvalue weighted by Gasteiger charge is -2.46. The molecule has 1 spiro atoms. The first-order valence-electron chi connectivity index (χ1n) is 13.0. The molecular weight excluding hydrogens is 442 g/mol. The number of hydrogen-bond donors (Lipinski definition) is 2. The summed E-state index contributed by atoms with van der Waals surface area (Å²) in [5, 5.41) is 14.6. The molecule has 35 heavy (non-hydrogen) atoms. The number of Topliss-reactive ketones (excluding diaryl/α,β-unsaturated/α-hetero) is 1. The summed E-state index contributed by atoms with van der Waals surface area (Å²) in [5.41, 5.74) is -1.64. The Balaban J connectivity index is 1.62. The van der Waals surface area contributed by atoms with Gasteiger partial charge < -0.3 is 19.9 Å². The molecule has 4 aliphatic rings. The number of epoxide rings is 1. The molecule has 2 saturated heterocycles. The van der Waals surface area contributed by atoms with Gasteiger partial charge in [0.05, 0.1) is 23.4 Å². The van der Waals surface area contributed by atoms with Gasteiger partial charge >= 0.3 is 0 Å². The minimum atomic E-state index is -1.24. The van der Waals surface area contributed by atoms with Gasteiger partial charge in [-0.3, -0.25) is 9.59 Å². The molecule has 190 valence electrons. The minimum Gasteiger partial charge on any atom is -0.387 e. The van der Waals surface area contributed by atoms with Crippen LogP contribution in [0.1, 0.15) is 52.5 Å². The van der Waals surface area contributed by atoms with Crippen molar-refractivity contribution in [1.29, 1.82) is 0 Å². The van der Waals surface area contributed by atoms with Crippen molar-refractivity contribution in [2.45, 2.75) is 82.8 Å². The quantitative estimate of drug-likeness (QED) is 0.392. The van der Waals surface area contributed by atoms with Crippen LogP contribution >= 0.6 is 0 Å². The molecule has 0 radical (unpaired) electrons. The van der Waals surface area contributed by atoms with Crippen molar-refractivity contribution in [2.24, 2.45) is 29.1 Å². The molecule has 0 bridgehead atoms. The van der Waals surface area contributed by atoms with Crippen LogP contribution in [-0.4, -0.2) is 53.4 Å². The van der Waals surface area contributed by atoms with E-state index in [0.29, 0.717) is 12.8 Å². The van der Waals surface area contributed by atoms with E-state index in [4.69, 9.17) is 9.47 Å². The predicted molar refractivity (Wildman–Crippen MR) is 133 cm³/mol. The molecule has 2 N–H and O–H groups in total. The van der Waals surface area contributed by atoms with Gasteiger partial charge in [-0.2, -0.15) is 0 Å². The number of fused-ring (bicyclic) bond motifs is 2. The molecule has 1 aromatic rings. The molecule has 2 aliphatic heterocycles. The third kappa shape index (κ3) is 3.71. The number of carbonyl (C=O) groups excluding carboxylic acids is 2. The summed E-state index contributed by atoms with van der Waals surface area (Å²) in [4.78, 5) is 28.4. The summed E-state index contributed by atoms with van der Waals surface area (Å²) < 4.78 is 12.0. The number of amides is 1. The molecule has 5 rings (SSSR count). The van der Waals surface area contributed by atoms with Gasteiger partial charge in [-0.25, -0.2) is 0 Å². The van der Waals surface area contributed by atoms with Gasteiger partial charge in [-0.05, 0) is 50.5 Å². The van der Waals surface area contributed by atoms with Crippen LogP contribution in [0.4, 0.5) is 0 Å². The molecule has 1 saturated carbocycles. The highest BCUT2D eigenvalue weighted by molar-refractivity contribution is 6.09. The van der Waals surface area contributed by atoms with Crippen molar-refractivity contribution in [3.63, 3.8) is 0 Å². The number of benzene rings is 1. The maximum Gasteiger partial charge on any atom is 0.235 e. The second-order valence-electron chi connectivity index (χ2n) is 11.9. The van der Waals surface area contributed by atoms with Crippen molar-refractivity contribution >= 4 is 11.7 Å². The second-order valence-corrected chi connectivity index (χ2v) is 11.9. The Morgan fingerprint density at radius 1 is 1.17 bits per heavy atom. The Bertz CT molecular complexity index is 1020. The SMILES string of the molecule is CO[C@@H]1CC(=O)[C@]23C(=O)N[C@@H](Cc4ccccc4)[C@@H]2[C@H](C)[C@@]2(C)O[C@H]2[C@@H]3/C=C/C[C@H](C)C[C@]1(C)O. The predicted octanol–water partition coefficient (Wildman–Crippen LogP) is 3.46. The number of nitrogens with one attached hydrogen (secondary N) is 1. The van der Waals surface area contributed by atoms with E-state index in [-0.39, 0.29) is 59.5 Å². The highest BCUT2D eigenvalue weighted by Crippen LogP contribution is 2.66. The summed E-state index contributed by atoms with van der Waals surface area (Å²) in [6.07, 6.45) is 5.25. The van der Waals surface area contributed by atoms with Crippen LogP contribution in [0.2, 0.25) is 0 Å². The first-order chi connectivity index (χ1) is 16.6. The fourth-order valence-electron chi connectivity index (χ4n) is 7.66. The van der Waals surface area contributed by atoms with Crippen LogP contribution in [0.15, 0.2) is 42.5 Å². The number of hydrogen-bond acceptors (Lipinski definition) is 5. The third-order valence-corrected chi connectivity index (χ3v) is 9.59. The van der Waals surface area contributed by atoms with E-state index < -0.39 is 17.1 Å². The summed E-state index contributed by atoms with van der Waals surface area (Å²) in [6, 6.07) is 9.95. The highest BCUT2D eigenvalue weighted by atomic mass is 16.6. The van der Waals surface area contributed by atoms with Crippen LogP contribution in [0.5, 0.6) is 0 Å². The maximum atomic E-state index is 14.4. The number of allylic oxidation sites excluding steroid dienone is 1. The molecular formula is C29H39NO5. The second kappa shape index (κ2) is 8.53. The number of rotatable bonds is 3. The molecule has 3 fully saturated rings. The van der Waals surface area contributed by atoms with E-state index in [0.717, 1.165) is 12.0 Å². The fourth-order valence-corrected chi connectivity index (χ4v) is 7.66. The van der Waals surface area contributed by atoms with Crippen LogP contribution in [-0.2, 0) is 25.5 Å². The van der Waals surface area contributed by atoms with Gasteiger partial charge in [0.2, 0.25) is 5.91 Å². The van der Waals surface area contributed by atoms with Crippen LogP contribution in [0, 0.1) is 29.1 Å². The molecule has 1 amide bonds. The van der Waals surface area contributed by atoms with Gasteiger partial charge in [0.25, 0.3) is 0 Å². The van der Waals surface area contributed by atoms with Crippen molar-refractivity contribution in [2.75, 3.05) is 7.11 Å². The molecule has 6 nitrogen and oxygen atoms in total. The first kappa shape index (κ1) is 24.7. The van der Waals surface area contributed by atoms with Crippen molar-refractivity contribution in [3.8, 4) is 0 Å². The summed E-state index contributed by atoms with van der Waals surface area (Å²) in [5.74, 6) is -0.683. The highest BCUT2D eigenvalue weighted by Gasteiger charge is 2.78. The average molecular weight is 482 g/mol. The Morgan fingerprint density at radius 3 is 2.57 bits per heavy atom. The smallest absolute Gasteiger partial charge is 0.235 e. The largest absolute Gasteiger partial charge is 0.387 e. The van der Waals surface area contributed by atoms with E-state index in [1.165, 1.54) is 0 Å². The summed E-state index contributed by atoms with van der Waals surface area (Å²) >= 11 is 0. The molecule has 1 aromatic carbocycles. The van der Waals surface area contributed by atoms with E-state index in [1.54, 1.807) is 14.0 Å². The average Bonchev–Trinajstić information content (AvgIpc) is 3.42. The number of ketones is 1. The van der Waals surface area contributed by atoms with E-state index in [2.05, 4.69) is 50.4 Å². The normalized spacial score (nSPS) is 48.1. The lowest BCUT2D eigenvalue weighted by molar-refractivity contribution is -0.155. The summed E-state index contributed by atoms with van der Waals surface area (Å²) in [7, 11) is 1.54. The van der Waals surface area contributed by atoms with E-state index in [9.17, 15) is 14.7 Å². The van der Waals surface area contributed by atoms with Crippen molar-refractivity contribution in [3.05, 3.63) is 48.0 Å². The molecule has 6 heteroatoms. The number of carbonyl (C=O) groups is 2. The third-order valence-electron chi connectivity index (χ3n) is 9.59. The lowest BCUT2D eigenvalue weighted by Crippen LogP contribution is -2.59. The molecule has 2 aliphatic carbocycles. The monoisotopic (exact) mass is 481 g/mol. The Labute approximate surface area is 208 Å². The Kier molecular flexibility index (Phi) is 6.01. The van der Waals surface area contributed by atoms with Crippen LogP contribution in [0.25, 0.3) is 0 Å². The number of methoxy groups -OCH3 is 1. The molecule has 2 heterocycles. The topological polar surface area (TPSA) is 88.2 Å². The van der Waals surface area contributed by atoms with Crippen molar-refractivity contribution < 1.29 is 24.2 Å². The maximum absolute atomic E-state index is 14.4. The Hall–Kier alpha value is -2.02. The van der Waals surface area contributed by atoms with E-state index in [1.807, 2.05) is 18.2 Å². The lowest BCUT2D eigenvalue weighted by atomic mass is 9.51. The fraction of sp³-hybridized carbons (Fsp3) is 0.655. The number of aliphatic hydroxyl groups is 1. The summed E-state index contributed by atoms with van der Waals surface area (Å²) in [6.45, 7) is 8.11. The van der Waals surface area contributed by atoms with Gasteiger partial charge in [-0.1, -0.05) is 56.3 Å². The van der Waals surface area contributed by atoms with Gasteiger partial charge in [0.15, 0.2) is 5.78 Å². The zero-order valence-corrected chi connectivity index (χ0v) is 21.5. The zero-order valence-electron chi connectivity index (χ0n) is 21.5. The molecule has 0 unspecified atom stereocenters. The minimum absolute atomic E-state index is 0.00130. The van der Waals surface area contributed by atoms with Gasteiger partial charge in [0, 0.05) is 31.4 Å². The van der Waals surface area contributed by atoms with Gasteiger partial charge in [0.1, 0.15) is 5.41 Å². The first-order valence-corrected chi connectivity index (χ1v) is 13.0. The van der Waals surface area contributed by atoms with Crippen LogP contribution in [0.3, 0.4) is 0 Å². The van der Waals surface area contributed by atoms with Crippen molar-refractivity contribution in [1.82, 2.24) is 5.32 Å². The molecule has 0 aromatic heterocycles. The van der Waals surface area contributed by atoms with Crippen LogP contribution < -0.4 is 5.32 Å². The Morgan fingerprint density at radius 2 is 1.89 bits per heavy atom. The van der Waals surface area contributed by atoms with Gasteiger partial charge in [-0.15, -0.1) is 0 Å². The number of ether oxygens (including phenoxy) is 2. The van der Waals surface area contributed by atoms with E-state index >= 15 is 0 Å².